The molecule has 4 aromatic carbocycles. The summed E-state index contributed by atoms with van der Waals surface area (Å²) >= 11 is 0. The summed E-state index contributed by atoms with van der Waals surface area (Å²) in [5.74, 6) is -3.49. The maximum absolute atomic E-state index is 12.9. The van der Waals surface area contributed by atoms with Crippen molar-refractivity contribution in [2.45, 2.75) is 116 Å². The van der Waals surface area contributed by atoms with E-state index in [2.05, 4.69) is 0 Å². The Labute approximate surface area is 423 Å². The van der Waals surface area contributed by atoms with Crippen LogP contribution in [0, 0.1) is 0 Å². The summed E-state index contributed by atoms with van der Waals surface area (Å²) in [5, 5.41) is 19.5. The first-order valence-electron chi connectivity index (χ1n) is 23.0. The fourth-order valence-corrected chi connectivity index (χ4v) is 13.2. The number of unbranched alkanes of at least 4 members (excludes halogenated alkanes) is 4. The molecule has 0 spiro atoms. The van der Waals surface area contributed by atoms with Gasteiger partial charge in [0.1, 0.15) is 11.4 Å². The van der Waals surface area contributed by atoms with E-state index in [1.807, 2.05) is 6.92 Å². The van der Waals surface area contributed by atoms with Gasteiger partial charge in [-0.25, -0.2) is 8.42 Å². The topological polar surface area (TPSA) is 356 Å². The molecule has 0 amide bonds. The average molecular weight is 1110 g/mol. The highest BCUT2D eigenvalue weighted by atomic mass is 32.2. The highest BCUT2D eigenvalue weighted by molar-refractivity contribution is 7.87. The number of rotatable bonds is 25. The Hall–Kier alpha value is -5.16. The largest absolute Gasteiger partial charge is 0.748 e. The molecule has 0 aromatic heterocycles. The Balaban J connectivity index is 1.64. The predicted octanol–water partition coefficient (Wildman–Crippen LogP) is 6.59. The summed E-state index contributed by atoms with van der Waals surface area (Å²) in [4.78, 5) is 22.5. The van der Waals surface area contributed by atoms with Crippen molar-refractivity contribution in [2.24, 2.45) is 0 Å². The monoisotopic (exact) mass is 1110 g/mol. The van der Waals surface area contributed by atoms with E-state index in [0.29, 0.717) is 89.3 Å². The molecule has 0 saturated carbocycles. The van der Waals surface area contributed by atoms with E-state index in [1.165, 1.54) is 30.3 Å². The Kier molecular flexibility index (Phi) is 16.9. The Morgan fingerprint density at radius 1 is 0.630 bits per heavy atom. The van der Waals surface area contributed by atoms with Crippen LogP contribution in [-0.4, -0.2) is 122 Å². The third kappa shape index (κ3) is 13.2. The van der Waals surface area contributed by atoms with Gasteiger partial charge in [0.2, 0.25) is 5.69 Å². The maximum atomic E-state index is 12.9. The smallest absolute Gasteiger partial charge is 0.303 e. The van der Waals surface area contributed by atoms with Gasteiger partial charge in [0.15, 0.2) is 5.71 Å². The number of hydrogen-bond donors (Lipinski definition) is 6. The predicted molar refractivity (Wildman–Crippen MR) is 268 cm³/mol. The molecule has 21 nitrogen and oxygen atoms in total. The quantitative estimate of drug-likeness (QED) is 0.0231. The SMILES string of the molecule is CC1(CCCCCC(=O)O)C(/C=C/C=C2/N(CCCS(=O)(=O)[O-])c3ccc4ccc(S(=O)(=O)O)cc4c3C2(C)CCCCCC(=O)O)=[N+](CCCS(=O)(=O)O)c2ccc3c(S(=O)(=O)O)cc(S(=O)(=O)O)cc3c21. The second-order valence-corrected chi connectivity index (χ2v) is 26.0. The number of carboxylic acids is 2. The van der Waals surface area contributed by atoms with Crippen LogP contribution in [0.25, 0.3) is 21.5 Å². The number of fused-ring (bicyclic) bond motifs is 6. The van der Waals surface area contributed by atoms with Crippen LogP contribution < -0.4 is 4.90 Å². The lowest BCUT2D eigenvalue weighted by Crippen LogP contribution is -2.32. The van der Waals surface area contributed by atoms with Crippen LogP contribution in [0.15, 0.2) is 93.2 Å². The van der Waals surface area contributed by atoms with E-state index in [4.69, 9.17) is 0 Å². The van der Waals surface area contributed by atoms with Gasteiger partial charge in [0, 0.05) is 71.5 Å². The lowest BCUT2D eigenvalue weighted by molar-refractivity contribution is -0.437. The molecular formula is C47H56N2O19S5. The summed E-state index contributed by atoms with van der Waals surface area (Å²) < 4.78 is 178. The van der Waals surface area contributed by atoms with Crippen molar-refractivity contribution >= 4 is 101 Å². The summed E-state index contributed by atoms with van der Waals surface area (Å²) in [7, 11) is -24.2. The molecule has 0 radical (unpaired) electrons. The number of carboxylic acid groups (broad SMARTS) is 2. The van der Waals surface area contributed by atoms with Crippen LogP contribution in [-0.2, 0) is 71.0 Å². The van der Waals surface area contributed by atoms with Gasteiger partial charge in [-0.3, -0.25) is 27.8 Å². The lowest BCUT2D eigenvalue weighted by atomic mass is 9.73. The third-order valence-corrected chi connectivity index (χ3v) is 17.7. The number of aliphatic carboxylic acids is 2. The molecule has 2 heterocycles. The summed E-state index contributed by atoms with van der Waals surface area (Å²) in [5.41, 5.74) is 0.225. The molecule has 2 atom stereocenters. The minimum atomic E-state index is -5.16. The van der Waals surface area contributed by atoms with Crippen molar-refractivity contribution < 1.29 is 89.2 Å². The number of allylic oxidation sites excluding steroid dienone is 4. The molecular weight excluding hydrogens is 1060 g/mol. The zero-order chi connectivity index (χ0) is 54.1. The molecule has 0 fully saturated rings. The standard InChI is InChI=1S/C47H56N2O19S5/c1-46(22-7-3-5-14-42(50)51)40(48(24-10-26-69(54,55)56)37-20-17-31-16-18-32(71(60,61)62)28-35(31)44(37)46)12-9-13-41-47(2,23-8-4-6-15-43(52)53)45-36-29-33(72(63,64)65)30-39(73(66,67)68)34(36)19-21-38(45)49(41)25-11-27-70(57,58)59/h9,12-13,16-21,28-30H,3-8,10-11,14-15,22-27H2,1-2H3,(H6-,50,51,52,53,54,55,56,57,58,59,60,61,62,63,64,65,66,67,68). The number of anilines is 1. The van der Waals surface area contributed by atoms with Crippen LogP contribution >= 0.6 is 0 Å². The van der Waals surface area contributed by atoms with Crippen LogP contribution in [0.1, 0.15) is 102 Å². The fraction of sp³-hybridized carbons (Fsp3) is 0.426. The van der Waals surface area contributed by atoms with Crippen LogP contribution in [0.4, 0.5) is 11.4 Å². The number of hydrogen-bond acceptors (Lipinski definition) is 14. The fourth-order valence-electron chi connectivity index (χ4n) is 10.3. The average Bonchev–Trinajstić information content (AvgIpc) is 3.64. The molecule has 73 heavy (non-hydrogen) atoms. The molecule has 0 aliphatic carbocycles. The normalized spacial score (nSPS) is 19.2. The lowest BCUT2D eigenvalue weighted by Gasteiger charge is -2.31. The minimum absolute atomic E-state index is 0.0350. The van der Waals surface area contributed by atoms with Crippen molar-refractivity contribution in [3.05, 3.63) is 89.6 Å². The summed E-state index contributed by atoms with van der Waals surface area (Å²) in [6.45, 7) is 3.43. The number of benzene rings is 4. The van der Waals surface area contributed by atoms with Gasteiger partial charge in [-0.1, -0.05) is 43.9 Å². The zero-order valence-corrected chi connectivity index (χ0v) is 43.8. The van der Waals surface area contributed by atoms with Crippen LogP contribution in [0.3, 0.4) is 0 Å². The Bertz CT molecular complexity index is 3550. The summed E-state index contributed by atoms with van der Waals surface area (Å²) in [6, 6.07) is 11.9. The first-order valence-corrected chi connectivity index (χ1v) is 30.5. The van der Waals surface area contributed by atoms with Gasteiger partial charge < -0.3 is 19.7 Å². The van der Waals surface area contributed by atoms with Crippen molar-refractivity contribution in [3.8, 4) is 0 Å². The minimum Gasteiger partial charge on any atom is -0.748 e. The molecule has 0 bridgehead atoms. The van der Waals surface area contributed by atoms with Crippen molar-refractivity contribution in [2.75, 3.05) is 29.5 Å². The highest BCUT2D eigenvalue weighted by Crippen LogP contribution is 2.54. The third-order valence-electron chi connectivity index (χ3n) is 13.5. The molecule has 2 aliphatic rings. The van der Waals surface area contributed by atoms with Gasteiger partial charge in [-0.15, -0.1) is 0 Å². The molecule has 2 aliphatic heterocycles. The first kappa shape index (κ1) is 57.1. The maximum Gasteiger partial charge on any atom is 0.303 e. The van der Waals surface area contributed by atoms with E-state index in [0.717, 1.165) is 6.07 Å². The molecule has 4 aromatic rings. The second kappa shape index (κ2) is 21.6. The Morgan fingerprint density at radius 3 is 1.78 bits per heavy atom. The molecule has 2 unspecified atom stereocenters. The van der Waals surface area contributed by atoms with E-state index in [-0.39, 0.29) is 62.4 Å². The van der Waals surface area contributed by atoms with Crippen LogP contribution in [0.5, 0.6) is 0 Å². The molecule has 0 saturated heterocycles. The van der Waals surface area contributed by atoms with Crippen molar-refractivity contribution in [3.63, 3.8) is 0 Å². The van der Waals surface area contributed by atoms with Crippen molar-refractivity contribution in [1.82, 2.24) is 0 Å². The molecule has 6 rings (SSSR count). The number of carbonyl (C=O) groups is 2. The van der Waals surface area contributed by atoms with Gasteiger partial charge >= 0.3 is 11.9 Å². The highest BCUT2D eigenvalue weighted by Gasteiger charge is 2.49. The molecule has 6 N–H and O–H groups in total. The van der Waals surface area contributed by atoms with E-state index in [1.54, 1.807) is 46.8 Å². The van der Waals surface area contributed by atoms with Gasteiger partial charge in [-0.2, -0.15) is 38.2 Å². The van der Waals surface area contributed by atoms with Gasteiger partial charge in [-0.05, 0) is 110 Å². The summed E-state index contributed by atoms with van der Waals surface area (Å²) in [6.07, 6.45) is 6.96. The molecule has 26 heteroatoms. The Morgan fingerprint density at radius 2 is 1.22 bits per heavy atom. The van der Waals surface area contributed by atoms with E-state index >= 15 is 0 Å². The van der Waals surface area contributed by atoms with E-state index < -0.39 is 99.6 Å². The second-order valence-electron chi connectivity index (χ2n) is 18.7. The molecule has 398 valence electrons. The first-order chi connectivity index (χ1) is 33.8. The number of nitrogens with zero attached hydrogens (tertiary/aromatic N) is 2. The van der Waals surface area contributed by atoms with Gasteiger partial charge in [0.05, 0.1) is 31.1 Å². The van der Waals surface area contributed by atoms with Crippen molar-refractivity contribution in [1.29, 1.82) is 0 Å². The zero-order valence-electron chi connectivity index (χ0n) is 39.7. The van der Waals surface area contributed by atoms with Gasteiger partial charge in [0.25, 0.3) is 40.5 Å². The van der Waals surface area contributed by atoms with E-state index in [9.17, 15) is 84.7 Å². The van der Waals surface area contributed by atoms with Crippen LogP contribution in [0.2, 0.25) is 0 Å².